The highest BCUT2D eigenvalue weighted by Crippen LogP contribution is 2.32. The second-order valence-electron chi connectivity index (χ2n) is 4.72. The van der Waals surface area contributed by atoms with Gasteiger partial charge in [0, 0.05) is 22.9 Å². The van der Waals surface area contributed by atoms with Crippen molar-refractivity contribution >= 4 is 38.9 Å². The van der Waals surface area contributed by atoms with Crippen LogP contribution in [0.1, 0.15) is 21.7 Å². The Balaban J connectivity index is 1.96. The summed E-state index contributed by atoms with van der Waals surface area (Å²) in [4.78, 5) is 11.4. The van der Waals surface area contributed by atoms with E-state index in [1.807, 2.05) is 13.8 Å². The first-order valence-electron chi connectivity index (χ1n) is 6.20. The van der Waals surface area contributed by atoms with Crippen molar-refractivity contribution in [1.82, 2.24) is 15.2 Å². The lowest BCUT2D eigenvalue weighted by Crippen LogP contribution is -2.31. The third-order valence-corrected chi connectivity index (χ3v) is 5.12. The van der Waals surface area contributed by atoms with Gasteiger partial charge in [0.25, 0.3) is 5.82 Å². The minimum absolute atomic E-state index is 0.393. The van der Waals surface area contributed by atoms with Crippen LogP contribution < -0.4 is 4.90 Å². The zero-order valence-corrected chi connectivity index (χ0v) is 13.5. The molecule has 102 valence electrons. The lowest BCUT2D eigenvalue weighted by atomic mass is 10.1. The molecule has 5 nitrogen and oxygen atoms in total. The molecule has 3 rings (SSSR count). The third kappa shape index (κ3) is 2.19. The summed E-state index contributed by atoms with van der Waals surface area (Å²) in [6.45, 7) is 12.7. The van der Waals surface area contributed by atoms with E-state index < -0.39 is 0 Å². The van der Waals surface area contributed by atoms with Gasteiger partial charge in [0.15, 0.2) is 9.73 Å². The van der Waals surface area contributed by atoms with Crippen molar-refractivity contribution in [1.29, 1.82) is 0 Å². The van der Waals surface area contributed by atoms with Crippen LogP contribution in [0.3, 0.4) is 0 Å². The maximum Gasteiger partial charge on any atom is 0.299 e. The van der Waals surface area contributed by atoms with Crippen molar-refractivity contribution in [2.24, 2.45) is 0 Å². The van der Waals surface area contributed by atoms with E-state index in [0.717, 1.165) is 40.4 Å². The van der Waals surface area contributed by atoms with E-state index in [0.29, 0.717) is 5.82 Å². The Morgan fingerprint density at radius 1 is 1.30 bits per heavy atom. The molecule has 0 spiro atoms. The molecule has 0 unspecified atom stereocenters. The molecule has 0 N–H and O–H groups in total. The van der Waals surface area contributed by atoms with Gasteiger partial charge >= 0.3 is 0 Å². The standard InChI is InChI=1S/C13H12BrN5S/c1-7-8(2)12(18-17-11(7)15-3)19-5-4-9-10(6-19)20-13(14)16-9/h4-6H2,1-2H3. The Labute approximate surface area is 129 Å². The Hall–Kier alpha value is -1.52. The third-order valence-electron chi connectivity index (χ3n) is 3.58. The fourth-order valence-corrected chi connectivity index (χ4v) is 3.98. The van der Waals surface area contributed by atoms with Crippen molar-refractivity contribution in [2.75, 3.05) is 11.4 Å². The van der Waals surface area contributed by atoms with Crippen molar-refractivity contribution in [3.63, 3.8) is 0 Å². The number of rotatable bonds is 1. The zero-order valence-electron chi connectivity index (χ0n) is 11.1. The first-order chi connectivity index (χ1) is 9.60. The normalized spacial score (nSPS) is 14.0. The monoisotopic (exact) mass is 349 g/mol. The minimum atomic E-state index is 0.393. The first kappa shape index (κ1) is 13.5. The van der Waals surface area contributed by atoms with Crippen LogP contribution >= 0.6 is 27.3 Å². The van der Waals surface area contributed by atoms with Gasteiger partial charge in [-0.25, -0.2) is 4.98 Å². The highest BCUT2D eigenvalue weighted by molar-refractivity contribution is 9.11. The summed E-state index contributed by atoms with van der Waals surface area (Å²) in [5.41, 5.74) is 3.14. The Morgan fingerprint density at radius 3 is 2.85 bits per heavy atom. The number of halogens is 1. The molecule has 2 aromatic rings. The predicted molar refractivity (Wildman–Crippen MR) is 82.3 cm³/mol. The SMILES string of the molecule is [C-]#[N+]c1nnc(N2CCc3nc(Br)sc3C2)c(C)c1C. The lowest BCUT2D eigenvalue weighted by Gasteiger charge is -2.27. The number of nitrogens with zero attached hydrogens (tertiary/aromatic N) is 5. The molecule has 1 aliphatic heterocycles. The summed E-state index contributed by atoms with van der Waals surface area (Å²) in [6.07, 6.45) is 0.919. The maximum atomic E-state index is 7.09. The molecule has 0 saturated heterocycles. The van der Waals surface area contributed by atoms with Crippen molar-refractivity contribution in [3.05, 3.63) is 37.0 Å². The molecule has 0 aliphatic carbocycles. The summed E-state index contributed by atoms with van der Waals surface area (Å²) >= 11 is 5.11. The topological polar surface area (TPSA) is 46.3 Å². The van der Waals surface area contributed by atoms with Crippen LogP contribution in [0.5, 0.6) is 0 Å². The second-order valence-corrected chi connectivity index (χ2v) is 7.08. The largest absolute Gasteiger partial charge is 0.359 e. The molecule has 0 radical (unpaired) electrons. The Bertz CT molecular complexity index is 718. The maximum absolute atomic E-state index is 7.09. The second kappa shape index (κ2) is 5.11. The molecule has 20 heavy (non-hydrogen) atoms. The average Bonchev–Trinajstić information content (AvgIpc) is 2.81. The average molecular weight is 350 g/mol. The van der Waals surface area contributed by atoms with Gasteiger partial charge in [-0.3, -0.25) is 0 Å². The molecule has 1 aliphatic rings. The summed E-state index contributed by atoms with van der Waals surface area (Å²) in [5, 5.41) is 8.27. The molecule has 0 bridgehead atoms. The number of fused-ring (bicyclic) bond motifs is 1. The van der Waals surface area contributed by atoms with E-state index in [4.69, 9.17) is 6.57 Å². The van der Waals surface area contributed by atoms with Crippen LogP contribution in [0.15, 0.2) is 3.92 Å². The fraction of sp³-hybridized carbons (Fsp3) is 0.385. The summed E-state index contributed by atoms with van der Waals surface area (Å²) < 4.78 is 0.937. The van der Waals surface area contributed by atoms with E-state index in [9.17, 15) is 0 Å². The molecular weight excluding hydrogens is 338 g/mol. The summed E-state index contributed by atoms with van der Waals surface area (Å²) in [6, 6.07) is 0. The quantitative estimate of drug-likeness (QED) is 0.740. The Kier molecular flexibility index (Phi) is 3.44. The van der Waals surface area contributed by atoms with E-state index in [-0.39, 0.29) is 0 Å². The van der Waals surface area contributed by atoms with Gasteiger partial charge in [-0.2, -0.15) is 0 Å². The Morgan fingerprint density at radius 2 is 2.10 bits per heavy atom. The summed E-state index contributed by atoms with van der Waals surface area (Å²) in [5.74, 6) is 1.27. The molecule has 0 atom stereocenters. The number of aromatic nitrogens is 3. The number of thiazole rings is 1. The van der Waals surface area contributed by atoms with Crippen LogP contribution in [0, 0.1) is 20.4 Å². The molecule has 0 saturated carbocycles. The van der Waals surface area contributed by atoms with Gasteiger partial charge < -0.3 is 9.74 Å². The van der Waals surface area contributed by atoms with Crippen molar-refractivity contribution in [2.45, 2.75) is 26.8 Å². The minimum Gasteiger partial charge on any atom is -0.359 e. The lowest BCUT2D eigenvalue weighted by molar-refractivity contribution is 0.707. The number of hydrogen-bond donors (Lipinski definition) is 0. The van der Waals surface area contributed by atoms with E-state index in [1.165, 1.54) is 10.6 Å². The van der Waals surface area contributed by atoms with Crippen molar-refractivity contribution in [3.8, 4) is 0 Å². The molecule has 3 heterocycles. The fourth-order valence-electron chi connectivity index (χ4n) is 2.33. The van der Waals surface area contributed by atoms with E-state index in [2.05, 4.69) is 40.9 Å². The van der Waals surface area contributed by atoms with E-state index in [1.54, 1.807) is 11.3 Å². The van der Waals surface area contributed by atoms with Crippen LogP contribution in [0.25, 0.3) is 4.85 Å². The van der Waals surface area contributed by atoms with Gasteiger partial charge in [0.05, 0.1) is 12.2 Å². The summed E-state index contributed by atoms with van der Waals surface area (Å²) in [7, 11) is 0. The van der Waals surface area contributed by atoms with Crippen LogP contribution in [0.2, 0.25) is 0 Å². The highest BCUT2D eigenvalue weighted by atomic mass is 79.9. The van der Waals surface area contributed by atoms with E-state index >= 15 is 0 Å². The van der Waals surface area contributed by atoms with Gasteiger partial charge in [-0.15, -0.1) is 11.3 Å². The van der Waals surface area contributed by atoms with Crippen LogP contribution in [-0.2, 0) is 13.0 Å². The molecule has 2 aromatic heterocycles. The van der Waals surface area contributed by atoms with Crippen molar-refractivity contribution < 1.29 is 0 Å². The predicted octanol–water partition coefficient (Wildman–Crippen LogP) is 3.43. The van der Waals surface area contributed by atoms with Gasteiger partial charge in [0.1, 0.15) is 0 Å². The van der Waals surface area contributed by atoms with Gasteiger partial charge in [-0.1, -0.05) is 6.57 Å². The zero-order chi connectivity index (χ0) is 14.3. The highest BCUT2D eigenvalue weighted by Gasteiger charge is 2.24. The molecular formula is C13H12BrN5S. The number of anilines is 1. The van der Waals surface area contributed by atoms with Crippen LogP contribution in [0.4, 0.5) is 11.6 Å². The molecule has 0 amide bonds. The van der Waals surface area contributed by atoms with Gasteiger partial charge in [0.2, 0.25) is 0 Å². The molecule has 7 heteroatoms. The molecule has 0 fully saturated rings. The van der Waals surface area contributed by atoms with Crippen LogP contribution in [-0.4, -0.2) is 21.7 Å². The number of hydrogen-bond acceptors (Lipinski definition) is 5. The smallest absolute Gasteiger partial charge is 0.299 e. The molecule has 0 aromatic carbocycles. The first-order valence-corrected chi connectivity index (χ1v) is 7.81. The van der Waals surface area contributed by atoms with Gasteiger partial charge in [-0.05, 0) is 46.0 Å².